The van der Waals surface area contributed by atoms with Crippen LogP contribution in [0.4, 0.5) is 0 Å². The number of nitrogens with one attached hydrogen (secondary N) is 2. The van der Waals surface area contributed by atoms with Gasteiger partial charge in [-0.1, -0.05) is 30.3 Å². The maximum absolute atomic E-state index is 12.6. The molecular weight excluding hydrogens is 368 g/mol. The number of methoxy groups -OCH3 is 2. The van der Waals surface area contributed by atoms with Crippen LogP contribution >= 0.6 is 0 Å². The Hall–Kier alpha value is -2.86. The number of benzene rings is 2. The molecule has 1 amide bonds. The van der Waals surface area contributed by atoms with Crippen molar-refractivity contribution >= 4 is 11.7 Å². The average molecular weight is 397 g/mol. The van der Waals surface area contributed by atoms with E-state index in [4.69, 9.17) is 9.47 Å². The fraction of sp³-hybridized carbons (Fsp3) is 0.391. The maximum Gasteiger partial charge on any atom is 0.275 e. The Morgan fingerprint density at radius 3 is 2.34 bits per heavy atom. The minimum atomic E-state index is -0.495. The number of quaternary nitrogens is 1. The molecule has 0 aromatic heterocycles. The van der Waals surface area contributed by atoms with E-state index in [-0.39, 0.29) is 11.7 Å². The summed E-state index contributed by atoms with van der Waals surface area (Å²) in [7, 11) is 3.26. The van der Waals surface area contributed by atoms with Crippen molar-refractivity contribution in [3.8, 4) is 11.5 Å². The van der Waals surface area contributed by atoms with Gasteiger partial charge in [-0.3, -0.25) is 9.59 Å². The Morgan fingerprint density at radius 1 is 1.07 bits per heavy atom. The number of fused-ring (bicyclic) bond motifs is 1. The first kappa shape index (κ1) is 20.9. The Bertz CT molecular complexity index is 867. The van der Waals surface area contributed by atoms with Crippen LogP contribution in [0.25, 0.3) is 0 Å². The molecule has 1 heterocycles. The van der Waals surface area contributed by atoms with Gasteiger partial charge in [-0.2, -0.15) is 0 Å². The summed E-state index contributed by atoms with van der Waals surface area (Å²) < 4.78 is 10.8. The average Bonchev–Trinajstić information content (AvgIpc) is 2.72. The summed E-state index contributed by atoms with van der Waals surface area (Å²) in [5.74, 6) is 1.31. The molecule has 6 nitrogen and oxygen atoms in total. The van der Waals surface area contributed by atoms with E-state index in [2.05, 4.69) is 5.32 Å². The molecule has 0 spiro atoms. The monoisotopic (exact) mass is 397 g/mol. The van der Waals surface area contributed by atoms with Crippen molar-refractivity contribution in [2.24, 2.45) is 0 Å². The lowest BCUT2D eigenvalue weighted by atomic mass is 9.98. The van der Waals surface area contributed by atoms with Gasteiger partial charge in [0.25, 0.3) is 5.91 Å². The quantitative estimate of drug-likeness (QED) is 0.696. The molecular formula is C23H29N2O4+. The van der Waals surface area contributed by atoms with E-state index in [9.17, 15) is 9.59 Å². The highest BCUT2D eigenvalue weighted by atomic mass is 16.5. The van der Waals surface area contributed by atoms with E-state index in [1.165, 1.54) is 23.0 Å². The fourth-order valence-electron chi connectivity index (χ4n) is 3.80. The number of ether oxygens (including phenoxy) is 2. The van der Waals surface area contributed by atoms with Crippen molar-refractivity contribution in [3.63, 3.8) is 0 Å². The second-order valence-electron chi connectivity index (χ2n) is 7.50. The third-order valence-corrected chi connectivity index (χ3v) is 5.41. The standard InChI is InChI=1S/C23H28N2O4/c1-16(26)20(11-17-7-5-4-6-8-17)24-23(27)15-25-10-9-18-12-21(28-2)22(29-3)13-19(18)14-25/h4-8,12-13,20H,9-11,14-15H2,1-3H3,(H,24,27)/p+1/t20-/m1/s1. The zero-order valence-electron chi connectivity index (χ0n) is 17.3. The number of ketones is 1. The van der Waals surface area contributed by atoms with E-state index in [1.54, 1.807) is 14.2 Å². The first-order valence-electron chi connectivity index (χ1n) is 9.91. The van der Waals surface area contributed by atoms with Gasteiger partial charge in [-0.05, 0) is 36.6 Å². The van der Waals surface area contributed by atoms with E-state index < -0.39 is 6.04 Å². The minimum absolute atomic E-state index is 0.0296. The smallest absolute Gasteiger partial charge is 0.275 e. The number of carbonyl (C=O) groups is 2. The lowest BCUT2D eigenvalue weighted by molar-refractivity contribution is -0.908. The largest absolute Gasteiger partial charge is 0.493 e. The van der Waals surface area contributed by atoms with Gasteiger partial charge in [0.15, 0.2) is 23.8 Å². The molecule has 2 atom stereocenters. The van der Waals surface area contributed by atoms with E-state index >= 15 is 0 Å². The normalized spacial score (nSPS) is 16.4. The van der Waals surface area contributed by atoms with E-state index in [0.29, 0.717) is 18.7 Å². The minimum Gasteiger partial charge on any atom is -0.493 e. The van der Waals surface area contributed by atoms with Gasteiger partial charge in [0.2, 0.25) is 0 Å². The Labute approximate surface area is 171 Å². The molecule has 2 aromatic carbocycles. The van der Waals surface area contributed by atoms with Gasteiger partial charge in [-0.25, -0.2) is 0 Å². The number of carbonyl (C=O) groups excluding carboxylic acids is 2. The molecule has 0 bridgehead atoms. The SMILES string of the molecule is COc1cc2c(cc1OC)C[NH+](CC(=O)N[C@H](Cc1ccccc1)C(C)=O)CC2. The lowest BCUT2D eigenvalue weighted by Crippen LogP contribution is -3.13. The molecule has 0 saturated heterocycles. The number of hydrogen-bond donors (Lipinski definition) is 2. The summed E-state index contributed by atoms with van der Waals surface area (Å²) in [6.07, 6.45) is 1.38. The summed E-state index contributed by atoms with van der Waals surface area (Å²) >= 11 is 0. The summed E-state index contributed by atoms with van der Waals surface area (Å²) in [5.41, 5.74) is 3.44. The van der Waals surface area contributed by atoms with Crippen LogP contribution in [0.2, 0.25) is 0 Å². The Balaban J connectivity index is 1.61. The van der Waals surface area contributed by atoms with Gasteiger partial charge in [0.1, 0.15) is 6.54 Å². The van der Waals surface area contributed by atoms with Crippen LogP contribution in [-0.4, -0.2) is 45.0 Å². The lowest BCUT2D eigenvalue weighted by Gasteiger charge is -2.27. The molecule has 2 aromatic rings. The zero-order chi connectivity index (χ0) is 20.8. The number of rotatable bonds is 8. The molecule has 1 unspecified atom stereocenters. The fourth-order valence-corrected chi connectivity index (χ4v) is 3.80. The van der Waals surface area contributed by atoms with Crippen molar-refractivity contribution in [1.29, 1.82) is 0 Å². The summed E-state index contributed by atoms with van der Waals surface area (Å²) in [6.45, 7) is 3.47. The third kappa shape index (κ3) is 5.35. The molecule has 0 radical (unpaired) electrons. The predicted octanol–water partition coefficient (Wildman–Crippen LogP) is 0.961. The van der Waals surface area contributed by atoms with Crippen LogP contribution in [-0.2, 0) is 29.0 Å². The van der Waals surface area contributed by atoms with Crippen molar-refractivity contribution < 1.29 is 24.0 Å². The zero-order valence-corrected chi connectivity index (χ0v) is 17.3. The molecule has 29 heavy (non-hydrogen) atoms. The van der Waals surface area contributed by atoms with Crippen LogP contribution in [0.5, 0.6) is 11.5 Å². The number of Topliss-reactive ketones (excluding diaryl/α,β-unsaturated/α-hetero) is 1. The van der Waals surface area contributed by atoms with Gasteiger partial charge < -0.3 is 19.7 Å². The Kier molecular flexibility index (Phi) is 6.88. The van der Waals surface area contributed by atoms with Crippen LogP contribution in [0.3, 0.4) is 0 Å². The summed E-state index contributed by atoms with van der Waals surface area (Å²) in [6, 6.07) is 13.3. The second-order valence-corrected chi connectivity index (χ2v) is 7.50. The summed E-state index contributed by atoms with van der Waals surface area (Å²) in [4.78, 5) is 25.8. The molecule has 0 saturated carbocycles. The highest BCUT2D eigenvalue weighted by Crippen LogP contribution is 2.31. The first-order valence-corrected chi connectivity index (χ1v) is 9.91. The first-order chi connectivity index (χ1) is 14.0. The van der Waals surface area contributed by atoms with Crippen molar-refractivity contribution in [1.82, 2.24) is 5.32 Å². The van der Waals surface area contributed by atoms with Crippen LogP contribution < -0.4 is 19.7 Å². The summed E-state index contributed by atoms with van der Waals surface area (Å²) in [5, 5.41) is 2.92. The molecule has 1 aliphatic rings. The van der Waals surface area contributed by atoms with Gasteiger partial charge in [-0.15, -0.1) is 0 Å². The van der Waals surface area contributed by atoms with Crippen molar-refractivity contribution in [2.75, 3.05) is 27.3 Å². The molecule has 0 aliphatic carbocycles. The number of hydrogen-bond acceptors (Lipinski definition) is 4. The highest BCUT2D eigenvalue weighted by molar-refractivity contribution is 5.88. The third-order valence-electron chi connectivity index (χ3n) is 5.41. The van der Waals surface area contributed by atoms with E-state index in [1.807, 2.05) is 42.5 Å². The van der Waals surface area contributed by atoms with E-state index in [0.717, 1.165) is 30.8 Å². The van der Waals surface area contributed by atoms with Gasteiger partial charge in [0.05, 0.1) is 26.8 Å². The molecule has 2 N–H and O–H groups in total. The maximum atomic E-state index is 12.6. The second kappa shape index (κ2) is 9.56. The van der Waals surface area contributed by atoms with Crippen molar-refractivity contribution in [2.45, 2.75) is 32.4 Å². The van der Waals surface area contributed by atoms with Crippen molar-refractivity contribution in [3.05, 3.63) is 59.2 Å². The molecule has 1 aliphatic heterocycles. The molecule has 154 valence electrons. The number of amides is 1. The predicted molar refractivity (Wildman–Crippen MR) is 110 cm³/mol. The van der Waals surface area contributed by atoms with Gasteiger partial charge in [0, 0.05) is 12.0 Å². The topological polar surface area (TPSA) is 69.1 Å². The van der Waals surface area contributed by atoms with Crippen LogP contribution in [0, 0.1) is 0 Å². The van der Waals surface area contributed by atoms with Gasteiger partial charge >= 0.3 is 0 Å². The Morgan fingerprint density at radius 2 is 1.72 bits per heavy atom. The van der Waals surface area contributed by atoms with Crippen LogP contribution in [0.1, 0.15) is 23.6 Å². The molecule has 0 fully saturated rings. The molecule has 6 heteroatoms. The van der Waals surface area contributed by atoms with Crippen LogP contribution in [0.15, 0.2) is 42.5 Å². The molecule has 3 rings (SSSR count). The highest BCUT2D eigenvalue weighted by Gasteiger charge is 2.25.